The van der Waals surface area contributed by atoms with Crippen molar-refractivity contribution >= 4 is 11.0 Å². The quantitative estimate of drug-likeness (QED) is 0.783. The molecular formula is C18H20N2O. The second kappa shape index (κ2) is 5.60. The zero-order valence-corrected chi connectivity index (χ0v) is 12.5. The van der Waals surface area contributed by atoms with Gasteiger partial charge in [-0.1, -0.05) is 31.2 Å². The van der Waals surface area contributed by atoms with Gasteiger partial charge in [0, 0.05) is 13.0 Å². The summed E-state index contributed by atoms with van der Waals surface area (Å²) in [6.45, 7) is 5.09. The van der Waals surface area contributed by atoms with Crippen LogP contribution in [-0.4, -0.2) is 14.7 Å². The first kappa shape index (κ1) is 13.7. The average molecular weight is 280 g/mol. The third-order valence-corrected chi connectivity index (χ3v) is 3.80. The predicted molar refractivity (Wildman–Crippen MR) is 85.7 cm³/mol. The molecule has 3 rings (SSSR count). The molecule has 0 atom stereocenters. The van der Waals surface area contributed by atoms with Crippen LogP contribution in [0.25, 0.3) is 11.0 Å². The molecular weight excluding hydrogens is 260 g/mol. The fourth-order valence-corrected chi connectivity index (χ4v) is 2.74. The van der Waals surface area contributed by atoms with E-state index in [9.17, 15) is 5.11 Å². The normalized spacial score (nSPS) is 11.1. The highest BCUT2D eigenvalue weighted by molar-refractivity contribution is 5.76. The van der Waals surface area contributed by atoms with Gasteiger partial charge in [0.05, 0.1) is 11.0 Å². The summed E-state index contributed by atoms with van der Waals surface area (Å²) in [6, 6.07) is 14.0. The molecule has 0 amide bonds. The third kappa shape index (κ3) is 2.64. The van der Waals surface area contributed by atoms with Crippen molar-refractivity contribution in [3.63, 3.8) is 0 Å². The van der Waals surface area contributed by atoms with Crippen molar-refractivity contribution < 1.29 is 5.11 Å². The summed E-state index contributed by atoms with van der Waals surface area (Å²) in [4.78, 5) is 4.78. The predicted octanol–water partition coefficient (Wildman–Crippen LogP) is 4.05. The van der Waals surface area contributed by atoms with E-state index in [0.29, 0.717) is 5.75 Å². The van der Waals surface area contributed by atoms with Gasteiger partial charge in [0.15, 0.2) is 0 Å². The van der Waals surface area contributed by atoms with E-state index >= 15 is 0 Å². The van der Waals surface area contributed by atoms with E-state index in [0.717, 1.165) is 36.3 Å². The van der Waals surface area contributed by atoms with Gasteiger partial charge in [-0.3, -0.25) is 0 Å². The van der Waals surface area contributed by atoms with E-state index in [4.69, 9.17) is 4.98 Å². The Kier molecular flexibility index (Phi) is 3.65. The lowest BCUT2D eigenvalue weighted by molar-refractivity contribution is 0.471. The Morgan fingerprint density at radius 3 is 2.71 bits per heavy atom. The molecule has 0 spiro atoms. The zero-order chi connectivity index (χ0) is 14.8. The lowest BCUT2D eigenvalue weighted by Gasteiger charge is -2.08. The lowest BCUT2D eigenvalue weighted by Crippen LogP contribution is -2.04. The highest BCUT2D eigenvalue weighted by Crippen LogP contribution is 2.22. The maximum Gasteiger partial charge on any atom is 0.118 e. The summed E-state index contributed by atoms with van der Waals surface area (Å²) >= 11 is 0. The molecule has 1 aromatic heterocycles. The van der Waals surface area contributed by atoms with Crippen LogP contribution in [0, 0.1) is 6.92 Å². The Morgan fingerprint density at radius 1 is 1.14 bits per heavy atom. The number of aromatic nitrogens is 2. The maximum atomic E-state index is 9.64. The topological polar surface area (TPSA) is 38.0 Å². The number of para-hydroxylation sites is 2. The Labute approximate surface area is 124 Å². The minimum absolute atomic E-state index is 0.348. The Balaban J connectivity index is 2.02. The fourth-order valence-electron chi connectivity index (χ4n) is 2.74. The number of fused-ring (bicyclic) bond motifs is 1. The first-order valence-corrected chi connectivity index (χ1v) is 7.41. The Hall–Kier alpha value is -2.29. The molecule has 0 saturated heterocycles. The number of aryl methyl sites for hydroxylation is 2. The number of aromatic hydroxyl groups is 1. The van der Waals surface area contributed by atoms with Gasteiger partial charge in [-0.15, -0.1) is 0 Å². The molecule has 3 nitrogen and oxygen atoms in total. The molecule has 0 aliphatic carbocycles. The maximum absolute atomic E-state index is 9.64. The summed E-state index contributed by atoms with van der Waals surface area (Å²) in [7, 11) is 0. The molecule has 0 aliphatic heterocycles. The van der Waals surface area contributed by atoms with Crippen LogP contribution in [0.4, 0.5) is 0 Å². The van der Waals surface area contributed by atoms with Gasteiger partial charge >= 0.3 is 0 Å². The van der Waals surface area contributed by atoms with Crippen LogP contribution in [0.5, 0.6) is 5.75 Å². The molecule has 0 fully saturated rings. The molecule has 2 aromatic carbocycles. The van der Waals surface area contributed by atoms with Crippen molar-refractivity contribution in [3.8, 4) is 5.75 Å². The van der Waals surface area contributed by atoms with Gasteiger partial charge in [-0.2, -0.15) is 0 Å². The van der Waals surface area contributed by atoms with Crippen molar-refractivity contribution in [1.29, 1.82) is 0 Å². The molecule has 108 valence electrons. The number of hydrogen-bond acceptors (Lipinski definition) is 2. The van der Waals surface area contributed by atoms with Crippen LogP contribution in [0.2, 0.25) is 0 Å². The van der Waals surface area contributed by atoms with Gasteiger partial charge < -0.3 is 9.67 Å². The SMILES string of the molecule is CCCn1c(Cc2ccc(O)c(C)c2)nc2ccccc21. The number of phenols is 1. The minimum atomic E-state index is 0.348. The Morgan fingerprint density at radius 2 is 1.95 bits per heavy atom. The second-order valence-electron chi connectivity index (χ2n) is 5.47. The van der Waals surface area contributed by atoms with Crippen molar-refractivity contribution in [2.24, 2.45) is 0 Å². The zero-order valence-electron chi connectivity index (χ0n) is 12.5. The van der Waals surface area contributed by atoms with Gasteiger partial charge in [0.2, 0.25) is 0 Å². The number of phenolic OH excluding ortho intramolecular Hbond substituents is 1. The lowest BCUT2D eigenvalue weighted by atomic mass is 10.1. The van der Waals surface area contributed by atoms with Gasteiger partial charge in [0.1, 0.15) is 11.6 Å². The number of benzene rings is 2. The van der Waals surface area contributed by atoms with Crippen LogP contribution >= 0.6 is 0 Å². The van der Waals surface area contributed by atoms with E-state index < -0.39 is 0 Å². The van der Waals surface area contributed by atoms with E-state index in [1.165, 1.54) is 11.1 Å². The molecule has 0 aliphatic rings. The highest BCUT2D eigenvalue weighted by Gasteiger charge is 2.10. The average Bonchev–Trinajstić information content (AvgIpc) is 2.81. The molecule has 3 aromatic rings. The monoisotopic (exact) mass is 280 g/mol. The molecule has 1 N–H and O–H groups in total. The molecule has 0 unspecified atom stereocenters. The summed E-state index contributed by atoms with van der Waals surface area (Å²) in [5.74, 6) is 1.43. The molecule has 3 heteroatoms. The molecule has 0 bridgehead atoms. The summed E-state index contributed by atoms with van der Waals surface area (Å²) < 4.78 is 2.30. The van der Waals surface area contributed by atoms with E-state index in [2.05, 4.69) is 29.7 Å². The summed E-state index contributed by atoms with van der Waals surface area (Å²) in [5.41, 5.74) is 4.34. The van der Waals surface area contributed by atoms with Crippen molar-refractivity contribution in [2.75, 3.05) is 0 Å². The highest BCUT2D eigenvalue weighted by atomic mass is 16.3. The van der Waals surface area contributed by atoms with Crippen LogP contribution in [-0.2, 0) is 13.0 Å². The minimum Gasteiger partial charge on any atom is -0.508 e. The van der Waals surface area contributed by atoms with E-state index in [1.54, 1.807) is 6.07 Å². The third-order valence-electron chi connectivity index (χ3n) is 3.80. The van der Waals surface area contributed by atoms with Gasteiger partial charge in [0.25, 0.3) is 0 Å². The van der Waals surface area contributed by atoms with Gasteiger partial charge in [-0.05, 0) is 42.7 Å². The largest absolute Gasteiger partial charge is 0.508 e. The number of imidazole rings is 1. The van der Waals surface area contributed by atoms with Crippen molar-refractivity contribution in [1.82, 2.24) is 9.55 Å². The fraction of sp³-hybridized carbons (Fsp3) is 0.278. The summed E-state index contributed by atoms with van der Waals surface area (Å²) in [5, 5.41) is 9.64. The summed E-state index contributed by atoms with van der Waals surface area (Å²) in [6.07, 6.45) is 1.87. The van der Waals surface area contributed by atoms with Crippen LogP contribution in [0.1, 0.15) is 30.3 Å². The first-order valence-electron chi connectivity index (χ1n) is 7.41. The number of hydrogen-bond donors (Lipinski definition) is 1. The van der Waals surface area contributed by atoms with Crippen LogP contribution in [0.15, 0.2) is 42.5 Å². The van der Waals surface area contributed by atoms with Crippen LogP contribution < -0.4 is 0 Å². The van der Waals surface area contributed by atoms with Gasteiger partial charge in [-0.25, -0.2) is 4.98 Å². The van der Waals surface area contributed by atoms with Crippen molar-refractivity contribution in [3.05, 3.63) is 59.4 Å². The molecule has 0 radical (unpaired) electrons. The Bertz CT molecular complexity index is 774. The van der Waals surface area contributed by atoms with Crippen molar-refractivity contribution in [2.45, 2.75) is 33.2 Å². The van der Waals surface area contributed by atoms with E-state index in [1.807, 2.05) is 25.1 Å². The van der Waals surface area contributed by atoms with E-state index in [-0.39, 0.29) is 0 Å². The second-order valence-corrected chi connectivity index (χ2v) is 5.47. The smallest absolute Gasteiger partial charge is 0.118 e. The molecule has 21 heavy (non-hydrogen) atoms. The first-order chi connectivity index (χ1) is 10.2. The molecule has 0 saturated carbocycles. The molecule has 1 heterocycles. The van der Waals surface area contributed by atoms with Crippen LogP contribution in [0.3, 0.4) is 0 Å². The standard InChI is InChI=1S/C18H20N2O/c1-3-10-20-16-7-5-4-6-15(16)19-18(20)12-14-8-9-17(21)13(2)11-14/h4-9,11,21H,3,10,12H2,1-2H3. The number of rotatable bonds is 4. The number of nitrogens with zero attached hydrogens (tertiary/aromatic N) is 2.